The number of halogens is 1. The Labute approximate surface area is 177 Å². The summed E-state index contributed by atoms with van der Waals surface area (Å²) in [5.41, 5.74) is 3.62. The van der Waals surface area contributed by atoms with Crippen molar-refractivity contribution in [2.75, 3.05) is 13.1 Å². The maximum atomic E-state index is 13.5. The van der Waals surface area contributed by atoms with Crippen LogP contribution < -0.4 is 5.43 Å². The normalized spacial score (nSPS) is 22.9. The van der Waals surface area contributed by atoms with E-state index in [1.165, 1.54) is 0 Å². The Hall–Kier alpha value is -3.26. The molecule has 0 bridgehead atoms. The van der Waals surface area contributed by atoms with Gasteiger partial charge in [0.05, 0.1) is 11.3 Å². The lowest BCUT2D eigenvalue weighted by molar-refractivity contribution is -0.132. The number of hydrogen-bond acceptors (Lipinski definition) is 5. The van der Waals surface area contributed by atoms with Crippen LogP contribution in [0.4, 0.5) is 0 Å². The van der Waals surface area contributed by atoms with E-state index in [1.54, 1.807) is 40.3 Å². The van der Waals surface area contributed by atoms with Crippen molar-refractivity contribution in [3.63, 3.8) is 0 Å². The molecule has 1 aromatic heterocycles. The van der Waals surface area contributed by atoms with Crippen LogP contribution in [0, 0.1) is 0 Å². The molecule has 3 aliphatic heterocycles. The van der Waals surface area contributed by atoms with Crippen molar-refractivity contribution in [2.45, 2.75) is 24.9 Å². The van der Waals surface area contributed by atoms with E-state index in [2.05, 4.69) is 15.5 Å². The topological polar surface area (TPSA) is 95.0 Å². The number of benzene rings is 1. The van der Waals surface area contributed by atoms with Gasteiger partial charge in [-0.1, -0.05) is 23.7 Å². The summed E-state index contributed by atoms with van der Waals surface area (Å²) < 4.78 is 0. The van der Waals surface area contributed by atoms with E-state index in [0.29, 0.717) is 35.8 Å². The first-order valence-corrected chi connectivity index (χ1v) is 10.1. The minimum Gasteiger partial charge on any atom is -0.309 e. The molecule has 1 aromatic carbocycles. The second kappa shape index (κ2) is 6.91. The third-order valence-corrected chi connectivity index (χ3v) is 6.17. The predicted octanol–water partition coefficient (Wildman–Crippen LogP) is 1.69. The van der Waals surface area contributed by atoms with Crippen LogP contribution in [0.3, 0.4) is 0 Å². The number of nitrogens with one attached hydrogen (secondary N) is 1. The molecule has 1 unspecified atom stereocenters. The van der Waals surface area contributed by atoms with Crippen molar-refractivity contribution in [3.05, 3.63) is 64.4 Å². The summed E-state index contributed by atoms with van der Waals surface area (Å²) in [6.45, 7) is 0.745. The summed E-state index contributed by atoms with van der Waals surface area (Å²) in [7, 11) is 0. The SMILES string of the molecule is O=C1CCC(C(=O)N2CCN3C(=O)c4cccnc4CC23c2ccc(Cl)cc2)=NN1. The summed E-state index contributed by atoms with van der Waals surface area (Å²) in [5.74, 6) is -0.666. The third-order valence-electron chi connectivity index (χ3n) is 5.92. The Morgan fingerprint density at radius 2 is 1.90 bits per heavy atom. The van der Waals surface area contributed by atoms with Crippen molar-refractivity contribution in [2.24, 2.45) is 5.10 Å². The van der Waals surface area contributed by atoms with E-state index in [0.717, 1.165) is 5.56 Å². The Kier molecular flexibility index (Phi) is 4.32. The largest absolute Gasteiger partial charge is 0.309 e. The first kappa shape index (κ1) is 18.7. The number of fused-ring (bicyclic) bond motifs is 2. The minimum absolute atomic E-state index is 0.159. The first-order chi connectivity index (χ1) is 14.5. The fraction of sp³-hybridized carbons (Fsp3) is 0.286. The van der Waals surface area contributed by atoms with Crippen molar-refractivity contribution in [1.82, 2.24) is 20.2 Å². The van der Waals surface area contributed by atoms with E-state index in [4.69, 9.17) is 11.6 Å². The van der Waals surface area contributed by atoms with E-state index in [-0.39, 0.29) is 36.3 Å². The van der Waals surface area contributed by atoms with Gasteiger partial charge in [-0.25, -0.2) is 5.43 Å². The molecule has 8 nitrogen and oxygen atoms in total. The van der Waals surface area contributed by atoms with Gasteiger partial charge in [-0.15, -0.1) is 0 Å². The summed E-state index contributed by atoms with van der Waals surface area (Å²) in [6.07, 6.45) is 2.49. The van der Waals surface area contributed by atoms with Crippen LogP contribution in [0.15, 0.2) is 47.7 Å². The molecule has 152 valence electrons. The molecule has 2 aromatic rings. The number of nitrogens with zero attached hydrogens (tertiary/aromatic N) is 4. The average Bonchev–Trinajstić information content (AvgIpc) is 3.15. The van der Waals surface area contributed by atoms with Gasteiger partial charge in [0.2, 0.25) is 5.91 Å². The van der Waals surface area contributed by atoms with Gasteiger partial charge in [-0.2, -0.15) is 5.10 Å². The number of carbonyl (C=O) groups is 3. The van der Waals surface area contributed by atoms with Gasteiger partial charge in [0.15, 0.2) is 0 Å². The Bertz CT molecular complexity index is 1100. The molecule has 5 rings (SSSR count). The van der Waals surface area contributed by atoms with Crippen molar-refractivity contribution >= 4 is 35.0 Å². The number of rotatable bonds is 2. The smallest absolute Gasteiger partial charge is 0.272 e. The van der Waals surface area contributed by atoms with Crippen LogP contribution in [0.2, 0.25) is 5.02 Å². The highest BCUT2D eigenvalue weighted by Crippen LogP contribution is 2.44. The molecule has 3 amide bonds. The fourth-order valence-electron chi connectivity index (χ4n) is 4.51. The van der Waals surface area contributed by atoms with E-state index >= 15 is 0 Å². The first-order valence-electron chi connectivity index (χ1n) is 9.70. The van der Waals surface area contributed by atoms with E-state index < -0.39 is 5.66 Å². The van der Waals surface area contributed by atoms with Crippen LogP contribution in [0.5, 0.6) is 0 Å². The average molecular weight is 424 g/mol. The molecule has 0 spiro atoms. The van der Waals surface area contributed by atoms with Crippen LogP contribution in [-0.4, -0.2) is 51.3 Å². The quantitative estimate of drug-likeness (QED) is 0.795. The minimum atomic E-state index is -1.02. The summed E-state index contributed by atoms with van der Waals surface area (Å²) in [6, 6.07) is 10.7. The fourth-order valence-corrected chi connectivity index (χ4v) is 4.64. The van der Waals surface area contributed by atoms with Crippen LogP contribution >= 0.6 is 11.6 Å². The Morgan fingerprint density at radius 1 is 1.10 bits per heavy atom. The number of hydrazone groups is 1. The zero-order valence-electron chi connectivity index (χ0n) is 16.0. The molecule has 3 aliphatic rings. The lowest BCUT2D eigenvalue weighted by Crippen LogP contribution is -2.59. The highest BCUT2D eigenvalue weighted by Gasteiger charge is 2.56. The zero-order chi connectivity index (χ0) is 20.9. The summed E-state index contributed by atoms with van der Waals surface area (Å²) >= 11 is 6.10. The molecular formula is C21H18ClN5O3. The molecule has 4 heterocycles. The number of amides is 3. The predicted molar refractivity (Wildman–Crippen MR) is 109 cm³/mol. The van der Waals surface area contributed by atoms with Crippen molar-refractivity contribution in [1.29, 1.82) is 0 Å². The van der Waals surface area contributed by atoms with E-state index in [9.17, 15) is 14.4 Å². The lowest BCUT2D eigenvalue weighted by Gasteiger charge is -2.47. The molecule has 1 fully saturated rings. The van der Waals surface area contributed by atoms with Gasteiger partial charge in [-0.05, 0) is 29.8 Å². The molecule has 30 heavy (non-hydrogen) atoms. The molecule has 1 N–H and O–H groups in total. The van der Waals surface area contributed by atoms with Gasteiger partial charge in [0.25, 0.3) is 11.8 Å². The summed E-state index contributed by atoms with van der Waals surface area (Å²) in [4.78, 5) is 46.2. The number of hydrogen-bond donors (Lipinski definition) is 1. The second-order valence-electron chi connectivity index (χ2n) is 7.50. The third kappa shape index (κ3) is 2.71. The molecular weight excluding hydrogens is 406 g/mol. The highest BCUT2D eigenvalue weighted by molar-refractivity contribution is 6.39. The molecule has 9 heteroatoms. The zero-order valence-corrected chi connectivity index (χ0v) is 16.7. The summed E-state index contributed by atoms with van der Waals surface area (Å²) in [5, 5.41) is 4.55. The van der Waals surface area contributed by atoms with Gasteiger partial charge >= 0.3 is 0 Å². The van der Waals surface area contributed by atoms with Crippen molar-refractivity contribution in [3.8, 4) is 0 Å². The van der Waals surface area contributed by atoms with E-state index in [1.807, 2.05) is 12.1 Å². The Balaban J connectivity index is 1.65. The maximum absolute atomic E-state index is 13.5. The van der Waals surface area contributed by atoms with Gasteiger partial charge in [0, 0.05) is 43.6 Å². The number of pyridine rings is 1. The number of aromatic nitrogens is 1. The standard InChI is InChI=1S/C21H18ClN5O3/c22-14-5-3-13(4-6-14)21-12-17-15(2-1-9-23-17)19(29)26(21)10-11-27(21)20(30)16-7-8-18(28)25-24-16/h1-6,9H,7-8,10-12H2,(H,25,28). The lowest BCUT2D eigenvalue weighted by atomic mass is 9.86. The molecule has 0 radical (unpaired) electrons. The monoisotopic (exact) mass is 423 g/mol. The molecule has 1 atom stereocenters. The molecule has 1 saturated heterocycles. The molecule has 0 saturated carbocycles. The Morgan fingerprint density at radius 3 is 2.63 bits per heavy atom. The van der Waals surface area contributed by atoms with Gasteiger partial charge in [-0.3, -0.25) is 19.4 Å². The second-order valence-corrected chi connectivity index (χ2v) is 7.94. The van der Waals surface area contributed by atoms with Gasteiger partial charge < -0.3 is 9.80 Å². The maximum Gasteiger partial charge on any atom is 0.272 e. The van der Waals surface area contributed by atoms with Crippen LogP contribution in [0.25, 0.3) is 0 Å². The van der Waals surface area contributed by atoms with Crippen LogP contribution in [0.1, 0.15) is 34.5 Å². The number of carbonyl (C=O) groups excluding carboxylic acids is 3. The van der Waals surface area contributed by atoms with Crippen molar-refractivity contribution < 1.29 is 14.4 Å². The molecule has 0 aliphatic carbocycles. The van der Waals surface area contributed by atoms with Gasteiger partial charge in [0.1, 0.15) is 11.4 Å². The van der Waals surface area contributed by atoms with Crippen LogP contribution in [-0.2, 0) is 21.7 Å². The highest BCUT2D eigenvalue weighted by atomic mass is 35.5.